The van der Waals surface area contributed by atoms with Gasteiger partial charge in [-0.15, -0.1) is 0 Å². The van der Waals surface area contributed by atoms with Crippen LogP contribution in [0, 0.1) is 29.6 Å². The molecule has 2 aliphatic carbocycles. The van der Waals surface area contributed by atoms with E-state index in [0.29, 0.717) is 32.2 Å². The van der Waals surface area contributed by atoms with Crippen LogP contribution >= 0.6 is 0 Å². The van der Waals surface area contributed by atoms with Crippen molar-refractivity contribution < 1.29 is 50.2 Å². The van der Waals surface area contributed by atoms with Crippen molar-refractivity contribution in [2.24, 2.45) is 36.6 Å². The minimum atomic E-state index is -4.75. The van der Waals surface area contributed by atoms with Gasteiger partial charge in [-0.05, 0) is 68.4 Å². The van der Waals surface area contributed by atoms with E-state index in [0.717, 1.165) is 16.8 Å². The maximum Gasteiger partial charge on any atom is 0.416 e. The Morgan fingerprint density at radius 2 is 1.85 bits per heavy atom. The van der Waals surface area contributed by atoms with Gasteiger partial charge in [0, 0.05) is 37.4 Å². The second-order valence-corrected chi connectivity index (χ2v) is 13.9. The zero-order chi connectivity index (χ0) is 35.1. The van der Waals surface area contributed by atoms with Gasteiger partial charge in [-0.25, -0.2) is 9.18 Å². The smallest absolute Gasteiger partial charge is 0.416 e. The van der Waals surface area contributed by atoms with Crippen LogP contribution in [-0.2, 0) is 27.5 Å². The zero-order valence-corrected chi connectivity index (χ0v) is 26.8. The van der Waals surface area contributed by atoms with Crippen LogP contribution in [0.2, 0.25) is 0 Å². The number of carboxylic acid groups (broad SMARTS) is 1. The standard InChI is InChI=1S/C32H43F7N4O5/c1-16-12-18(43-10-11-48-15-24(43)32(37,38)39)14-22(33)25(16)28(44)41-23(30(46)47)13-17-4-3-5-20-19(17)6-8-40-27(20)26-21(31(34,35)36)7-9-42(2)29(26)45/h7,9,16-20,22-25,27,40H,3-6,8,10-15H2,1-2H3,(H,41,44)(H,46,47)/t16?,17?,18?,19?,20?,22?,23-,24+,25?,27?/m0/s1. The van der Waals surface area contributed by atoms with Crippen LogP contribution in [0.4, 0.5) is 30.7 Å². The van der Waals surface area contributed by atoms with E-state index >= 15 is 4.39 Å². The Morgan fingerprint density at radius 3 is 2.50 bits per heavy atom. The third kappa shape index (κ3) is 7.54. The van der Waals surface area contributed by atoms with Crippen LogP contribution in [0.1, 0.15) is 69.0 Å². The molecule has 0 aromatic carbocycles. The van der Waals surface area contributed by atoms with Gasteiger partial charge >= 0.3 is 18.3 Å². The van der Waals surface area contributed by atoms with Gasteiger partial charge in [0.1, 0.15) is 18.3 Å². The number of carboxylic acids is 1. The summed E-state index contributed by atoms with van der Waals surface area (Å²) in [5, 5.41) is 15.7. The topological polar surface area (TPSA) is 113 Å². The Bertz CT molecular complexity index is 1380. The third-order valence-corrected chi connectivity index (χ3v) is 11.1. The molecule has 4 aliphatic rings. The number of carbonyl (C=O) groups excluding carboxylic acids is 1. The summed E-state index contributed by atoms with van der Waals surface area (Å²) in [6, 6.07) is -4.06. The number of ether oxygens (including phenoxy) is 1. The SMILES string of the molecule is CC1CC(N2CCOC[C@@H]2C(F)(F)F)CC(F)C1C(=O)N[C@@H](CC1CCCC2C(c3c(C(F)(F)F)ccn(C)c3=O)NCCC12)C(=O)O. The van der Waals surface area contributed by atoms with Crippen molar-refractivity contribution in [1.82, 2.24) is 20.1 Å². The van der Waals surface area contributed by atoms with E-state index in [-0.39, 0.29) is 55.7 Å². The largest absolute Gasteiger partial charge is 0.480 e. The molecule has 2 aliphatic heterocycles. The summed E-state index contributed by atoms with van der Waals surface area (Å²) in [6.07, 6.45) is -8.06. The van der Waals surface area contributed by atoms with Crippen molar-refractivity contribution in [3.05, 3.63) is 33.7 Å². The number of alkyl halides is 7. The lowest BCUT2D eigenvalue weighted by Crippen LogP contribution is -2.60. The number of aliphatic carboxylic acids is 1. The monoisotopic (exact) mass is 696 g/mol. The van der Waals surface area contributed by atoms with Crippen molar-refractivity contribution >= 4 is 11.9 Å². The van der Waals surface area contributed by atoms with E-state index in [1.54, 1.807) is 6.92 Å². The molecule has 1 aromatic heterocycles. The molecular weight excluding hydrogens is 653 g/mol. The van der Waals surface area contributed by atoms with Crippen LogP contribution in [-0.4, -0.2) is 83.2 Å². The summed E-state index contributed by atoms with van der Waals surface area (Å²) in [7, 11) is 1.38. The summed E-state index contributed by atoms with van der Waals surface area (Å²) >= 11 is 0. The second kappa shape index (κ2) is 14.3. The van der Waals surface area contributed by atoms with Gasteiger partial charge in [-0.3, -0.25) is 14.5 Å². The molecule has 0 radical (unpaired) electrons. The minimum Gasteiger partial charge on any atom is -0.480 e. The van der Waals surface area contributed by atoms with E-state index in [4.69, 9.17) is 4.74 Å². The highest BCUT2D eigenvalue weighted by Gasteiger charge is 2.51. The predicted octanol–water partition coefficient (Wildman–Crippen LogP) is 4.45. The molecule has 2 saturated carbocycles. The summed E-state index contributed by atoms with van der Waals surface area (Å²) in [5.41, 5.74) is -2.12. The maximum atomic E-state index is 15.6. The average molecular weight is 697 g/mol. The number of aromatic nitrogens is 1. The van der Waals surface area contributed by atoms with Crippen molar-refractivity contribution in [1.29, 1.82) is 0 Å². The number of nitrogens with one attached hydrogen (secondary N) is 2. The molecular formula is C32H43F7N4O5. The summed E-state index contributed by atoms with van der Waals surface area (Å²) in [5.74, 6) is -5.01. The number of nitrogens with zero attached hydrogens (tertiary/aromatic N) is 2. The van der Waals surface area contributed by atoms with Crippen LogP contribution < -0.4 is 16.2 Å². The van der Waals surface area contributed by atoms with Crippen LogP contribution in [0.3, 0.4) is 0 Å². The lowest BCUT2D eigenvalue weighted by molar-refractivity contribution is -0.222. The maximum absolute atomic E-state index is 15.6. The first kappa shape index (κ1) is 36.6. The predicted molar refractivity (Wildman–Crippen MR) is 158 cm³/mol. The van der Waals surface area contributed by atoms with Crippen molar-refractivity contribution in [2.75, 3.05) is 26.3 Å². The van der Waals surface area contributed by atoms with Crippen molar-refractivity contribution in [2.45, 2.75) is 94.6 Å². The highest BCUT2D eigenvalue weighted by Crippen LogP contribution is 2.48. The molecule has 48 heavy (non-hydrogen) atoms. The van der Waals surface area contributed by atoms with Gasteiger partial charge in [0.15, 0.2) is 0 Å². The van der Waals surface area contributed by atoms with Crippen molar-refractivity contribution in [3.63, 3.8) is 0 Å². The molecule has 0 bridgehead atoms. The Hall–Kier alpha value is -2.72. The van der Waals surface area contributed by atoms with Crippen LogP contribution in [0.5, 0.6) is 0 Å². The van der Waals surface area contributed by atoms with Gasteiger partial charge < -0.3 is 25.0 Å². The van der Waals surface area contributed by atoms with Crippen LogP contribution in [0.25, 0.3) is 0 Å². The van der Waals surface area contributed by atoms with Gasteiger partial charge in [-0.2, -0.15) is 26.3 Å². The number of pyridine rings is 1. The van der Waals surface area contributed by atoms with E-state index in [1.165, 1.54) is 11.9 Å². The number of rotatable bonds is 7. The fourth-order valence-corrected chi connectivity index (χ4v) is 8.88. The van der Waals surface area contributed by atoms with Crippen LogP contribution in [0.15, 0.2) is 17.1 Å². The molecule has 1 aromatic rings. The number of hydrogen-bond acceptors (Lipinski definition) is 6. The third-order valence-electron chi connectivity index (χ3n) is 11.1. The minimum absolute atomic E-state index is 0.0253. The Labute approximate surface area is 273 Å². The summed E-state index contributed by atoms with van der Waals surface area (Å²) in [6.45, 7) is 1.38. The molecule has 0 spiro atoms. The number of fused-ring (bicyclic) bond motifs is 1. The molecule has 2 saturated heterocycles. The molecule has 8 unspecified atom stereocenters. The lowest BCUT2D eigenvalue weighted by atomic mass is 9.63. The normalized spacial score (nSPS) is 34.2. The Morgan fingerprint density at radius 1 is 1.12 bits per heavy atom. The van der Waals surface area contributed by atoms with Gasteiger partial charge in [-0.1, -0.05) is 19.8 Å². The molecule has 3 heterocycles. The Balaban J connectivity index is 1.29. The number of aryl methyl sites for hydroxylation is 1. The lowest BCUT2D eigenvalue weighted by Gasteiger charge is -2.47. The molecule has 9 nitrogen and oxygen atoms in total. The molecule has 16 heteroatoms. The second-order valence-electron chi connectivity index (χ2n) is 13.9. The fraction of sp³-hybridized carbons (Fsp3) is 0.781. The number of halogens is 7. The average Bonchev–Trinajstić information content (AvgIpc) is 3.00. The molecule has 270 valence electrons. The van der Waals surface area contributed by atoms with Gasteiger partial charge in [0.25, 0.3) is 5.56 Å². The zero-order valence-electron chi connectivity index (χ0n) is 26.8. The molecule has 4 fully saturated rings. The quantitative estimate of drug-likeness (QED) is 0.362. The first-order chi connectivity index (χ1) is 22.5. The van der Waals surface area contributed by atoms with E-state index < -0.39 is 84.1 Å². The highest BCUT2D eigenvalue weighted by molar-refractivity contribution is 5.85. The number of hydrogen-bond donors (Lipinski definition) is 3. The summed E-state index contributed by atoms with van der Waals surface area (Å²) in [4.78, 5) is 40.1. The molecule has 3 N–H and O–H groups in total. The fourth-order valence-electron chi connectivity index (χ4n) is 8.88. The highest BCUT2D eigenvalue weighted by atomic mass is 19.4. The van der Waals surface area contributed by atoms with E-state index in [9.17, 15) is 45.8 Å². The van der Waals surface area contributed by atoms with E-state index in [2.05, 4.69) is 10.6 Å². The first-order valence-electron chi connectivity index (χ1n) is 16.6. The molecule has 1 amide bonds. The van der Waals surface area contributed by atoms with Crippen molar-refractivity contribution in [3.8, 4) is 0 Å². The van der Waals surface area contributed by atoms with E-state index in [1.807, 2.05) is 0 Å². The Kier molecular flexibility index (Phi) is 10.9. The number of morpholine rings is 1. The number of carbonyl (C=O) groups is 2. The first-order valence-corrected chi connectivity index (χ1v) is 16.6. The summed E-state index contributed by atoms with van der Waals surface area (Å²) < 4.78 is 105. The van der Waals surface area contributed by atoms with Gasteiger partial charge in [0.2, 0.25) is 5.91 Å². The number of piperidine rings is 1. The molecule has 10 atom stereocenters. The van der Waals surface area contributed by atoms with Gasteiger partial charge in [0.05, 0.1) is 24.7 Å². The molecule has 5 rings (SSSR count). The number of amides is 1.